The number of likely N-dealkylation sites (tertiary alicyclic amines) is 2. The number of hydrogen-bond acceptors (Lipinski definition) is 4. The largest absolute Gasteiger partial charge is 0.497 e. The zero-order valence-electron chi connectivity index (χ0n) is 13.8. The van der Waals surface area contributed by atoms with E-state index < -0.39 is 0 Å². The number of nitrogens with zero attached hydrogens (tertiary/aromatic N) is 2. The first-order valence-electron chi connectivity index (χ1n) is 8.51. The van der Waals surface area contributed by atoms with Gasteiger partial charge in [-0.15, -0.1) is 0 Å². The van der Waals surface area contributed by atoms with Gasteiger partial charge in [0.1, 0.15) is 5.75 Å². The molecule has 0 radical (unpaired) electrons. The van der Waals surface area contributed by atoms with Crippen molar-refractivity contribution in [2.75, 3.05) is 33.3 Å². The van der Waals surface area contributed by atoms with Crippen molar-refractivity contribution in [1.82, 2.24) is 9.80 Å². The van der Waals surface area contributed by atoms with Crippen LogP contribution >= 0.6 is 0 Å². The number of aliphatic hydroxyl groups is 1. The van der Waals surface area contributed by atoms with Gasteiger partial charge >= 0.3 is 0 Å². The average Bonchev–Trinajstić information content (AvgIpc) is 2.96. The van der Waals surface area contributed by atoms with E-state index in [0.29, 0.717) is 19.5 Å². The number of piperidine rings is 1. The summed E-state index contributed by atoms with van der Waals surface area (Å²) in [5.41, 5.74) is 1.10. The molecule has 2 aliphatic heterocycles. The van der Waals surface area contributed by atoms with Crippen LogP contribution in [0.5, 0.6) is 5.75 Å². The fraction of sp³-hybridized carbons (Fsp3) is 0.611. The molecular formula is C18H26N2O3. The normalized spacial score (nSPS) is 25.6. The molecule has 1 aromatic carbocycles. The average molecular weight is 318 g/mol. The second kappa shape index (κ2) is 7.32. The molecule has 1 N–H and O–H groups in total. The molecule has 2 fully saturated rings. The first-order valence-corrected chi connectivity index (χ1v) is 8.51. The maximum Gasteiger partial charge on any atom is 0.236 e. The summed E-state index contributed by atoms with van der Waals surface area (Å²) in [6, 6.07) is 8.00. The molecule has 126 valence electrons. The summed E-state index contributed by atoms with van der Waals surface area (Å²) in [7, 11) is 1.65. The lowest BCUT2D eigenvalue weighted by Crippen LogP contribution is -2.42. The number of rotatable bonds is 4. The Labute approximate surface area is 137 Å². The van der Waals surface area contributed by atoms with Crippen LogP contribution in [0, 0.1) is 0 Å². The van der Waals surface area contributed by atoms with Crippen molar-refractivity contribution in [2.45, 2.75) is 37.8 Å². The van der Waals surface area contributed by atoms with E-state index in [1.54, 1.807) is 7.11 Å². The molecule has 2 heterocycles. The number of carbonyl (C=O) groups excluding carboxylic acids is 1. The molecule has 5 heteroatoms. The molecule has 0 bridgehead atoms. The highest BCUT2D eigenvalue weighted by Crippen LogP contribution is 2.33. The van der Waals surface area contributed by atoms with Crippen LogP contribution in [-0.2, 0) is 4.79 Å². The Morgan fingerprint density at radius 3 is 2.83 bits per heavy atom. The molecule has 0 unspecified atom stereocenters. The number of methoxy groups -OCH3 is 1. The van der Waals surface area contributed by atoms with E-state index >= 15 is 0 Å². The van der Waals surface area contributed by atoms with Gasteiger partial charge in [0.05, 0.1) is 19.8 Å². The lowest BCUT2D eigenvalue weighted by molar-refractivity contribution is -0.133. The number of carbonyl (C=O) groups is 1. The number of amides is 1. The number of aliphatic hydroxyl groups excluding tert-OH is 1. The first-order chi connectivity index (χ1) is 11.2. The van der Waals surface area contributed by atoms with Crippen molar-refractivity contribution in [1.29, 1.82) is 0 Å². The number of hydrogen-bond donors (Lipinski definition) is 1. The summed E-state index contributed by atoms with van der Waals surface area (Å²) in [5, 5.41) is 10.1. The topological polar surface area (TPSA) is 53.0 Å². The van der Waals surface area contributed by atoms with Crippen LogP contribution in [0.15, 0.2) is 24.3 Å². The van der Waals surface area contributed by atoms with Crippen LogP contribution in [0.2, 0.25) is 0 Å². The molecule has 1 aromatic rings. The van der Waals surface area contributed by atoms with E-state index in [1.807, 2.05) is 29.2 Å². The predicted octanol–water partition coefficient (Wildman–Crippen LogP) is 1.82. The third-order valence-corrected chi connectivity index (χ3v) is 4.91. The van der Waals surface area contributed by atoms with Gasteiger partial charge in [-0.05, 0) is 43.4 Å². The molecule has 2 atom stereocenters. The van der Waals surface area contributed by atoms with E-state index in [1.165, 1.54) is 6.42 Å². The fourth-order valence-corrected chi connectivity index (χ4v) is 3.67. The molecule has 0 spiro atoms. The Morgan fingerprint density at radius 1 is 1.30 bits per heavy atom. The second-order valence-corrected chi connectivity index (χ2v) is 6.55. The smallest absolute Gasteiger partial charge is 0.236 e. The Hall–Kier alpha value is -1.59. The molecule has 2 aliphatic rings. The third kappa shape index (κ3) is 3.85. The van der Waals surface area contributed by atoms with Crippen LogP contribution in [0.3, 0.4) is 0 Å². The zero-order chi connectivity index (χ0) is 16.2. The lowest BCUT2D eigenvalue weighted by atomic mass is 10.0. The minimum absolute atomic E-state index is 0.0776. The highest BCUT2D eigenvalue weighted by atomic mass is 16.5. The molecule has 3 rings (SSSR count). The summed E-state index contributed by atoms with van der Waals surface area (Å²) < 4.78 is 5.30. The first kappa shape index (κ1) is 16.3. The van der Waals surface area contributed by atoms with Crippen molar-refractivity contribution in [3.05, 3.63) is 29.8 Å². The van der Waals surface area contributed by atoms with E-state index in [-0.39, 0.29) is 18.1 Å². The Bertz CT molecular complexity index is 543. The highest BCUT2D eigenvalue weighted by Gasteiger charge is 2.34. The van der Waals surface area contributed by atoms with Gasteiger partial charge in [-0.1, -0.05) is 12.1 Å². The highest BCUT2D eigenvalue weighted by molar-refractivity contribution is 5.78. The van der Waals surface area contributed by atoms with Gasteiger partial charge in [-0.25, -0.2) is 0 Å². The van der Waals surface area contributed by atoms with Crippen molar-refractivity contribution in [2.24, 2.45) is 0 Å². The summed E-state index contributed by atoms with van der Waals surface area (Å²) in [6.45, 7) is 2.69. The monoisotopic (exact) mass is 318 g/mol. The molecular weight excluding hydrogens is 292 g/mol. The Balaban J connectivity index is 1.70. The van der Waals surface area contributed by atoms with Crippen LogP contribution < -0.4 is 4.74 Å². The minimum Gasteiger partial charge on any atom is -0.497 e. The molecule has 0 aromatic heterocycles. The molecule has 0 saturated carbocycles. The van der Waals surface area contributed by atoms with Crippen LogP contribution in [0.25, 0.3) is 0 Å². The molecule has 0 aliphatic carbocycles. The third-order valence-electron chi connectivity index (χ3n) is 4.91. The van der Waals surface area contributed by atoms with Gasteiger partial charge in [0.15, 0.2) is 0 Å². The number of benzene rings is 1. The predicted molar refractivity (Wildman–Crippen MR) is 88.4 cm³/mol. The van der Waals surface area contributed by atoms with Gasteiger partial charge in [-0.3, -0.25) is 9.69 Å². The zero-order valence-corrected chi connectivity index (χ0v) is 13.8. The fourth-order valence-electron chi connectivity index (χ4n) is 3.67. The van der Waals surface area contributed by atoms with Gasteiger partial charge in [0.2, 0.25) is 5.91 Å². The van der Waals surface area contributed by atoms with Gasteiger partial charge in [0.25, 0.3) is 0 Å². The van der Waals surface area contributed by atoms with E-state index in [0.717, 1.165) is 37.2 Å². The maximum atomic E-state index is 12.5. The molecule has 2 saturated heterocycles. The maximum absolute atomic E-state index is 12.5. The number of ether oxygens (including phenoxy) is 1. The van der Waals surface area contributed by atoms with Gasteiger partial charge in [-0.2, -0.15) is 0 Å². The van der Waals surface area contributed by atoms with Crippen LogP contribution in [0.4, 0.5) is 0 Å². The summed E-state index contributed by atoms with van der Waals surface area (Å²) in [6.07, 6.45) is 3.72. The lowest BCUT2D eigenvalue weighted by Gasteiger charge is -2.30. The van der Waals surface area contributed by atoms with E-state index in [9.17, 15) is 9.90 Å². The molecule has 23 heavy (non-hydrogen) atoms. The molecule has 1 amide bonds. The Kier molecular flexibility index (Phi) is 5.18. The van der Waals surface area contributed by atoms with E-state index in [2.05, 4.69) is 4.90 Å². The van der Waals surface area contributed by atoms with Gasteiger partial charge in [0, 0.05) is 25.7 Å². The minimum atomic E-state index is -0.375. The van der Waals surface area contributed by atoms with Gasteiger partial charge < -0.3 is 14.7 Å². The van der Waals surface area contributed by atoms with Crippen LogP contribution in [0.1, 0.15) is 37.3 Å². The standard InChI is InChI=1S/C18H26N2O3/c1-23-16-7-5-6-14(10-16)17-11-15(21)12-20(17)13-18(22)19-8-3-2-4-9-19/h5-7,10,15,17,21H,2-4,8-9,11-13H2,1H3/t15-,17-/m1/s1. The van der Waals surface area contributed by atoms with E-state index in [4.69, 9.17) is 4.74 Å². The Morgan fingerprint density at radius 2 is 2.09 bits per heavy atom. The summed E-state index contributed by atoms with van der Waals surface area (Å²) in [5.74, 6) is 0.998. The molecule has 5 nitrogen and oxygen atoms in total. The van der Waals surface area contributed by atoms with Crippen molar-refractivity contribution < 1.29 is 14.6 Å². The SMILES string of the molecule is COc1cccc([C@H]2C[C@@H](O)CN2CC(=O)N2CCCCC2)c1. The summed E-state index contributed by atoms with van der Waals surface area (Å²) >= 11 is 0. The quantitative estimate of drug-likeness (QED) is 0.920. The summed E-state index contributed by atoms with van der Waals surface area (Å²) in [4.78, 5) is 16.6. The second-order valence-electron chi connectivity index (χ2n) is 6.55. The van der Waals surface area contributed by atoms with Crippen molar-refractivity contribution in [3.63, 3.8) is 0 Å². The van der Waals surface area contributed by atoms with Crippen LogP contribution in [-0.4, -0.2) is 60.2 Å². The number of β-amino-alcohol motifs (C(OH)–C–C–N with tert-alkyl or cyclic N) is 1. The van der Waals surface area contributed by atoms with Crippen molar-refractivity contribution >= 4 is 5.91 Å². The van der Waals surface area contributed by atoms with Crippen molar-refractivity contribution in [3.8, 4) is 5.75 Å².